The maximum atomic E-state index is 6.34. The molecule has 1 N–H and O–H groups in total. The number of pyridine rings is 1. The highest BCUT2D eigenvalue weighted by Gasteiger charge is 2.14. The Kier molecular flexibility index (Phi) is 5.17. The minimum absolute atomic E-state index is 0.421. The number of methoxy groups -OCH3 is 3. The third kappa shape index (κ3) is 3.54. The molecule has 9 heteroatoms. The normalized spacial score (nSPS) is 10.9. The molecule has 0 unspecified atom stereocenters. The van der Waals surface area contributed by atoms with Crippen LogP contribution in [0.25, 0.3) is 21.9 Å². The summed E-state index contributed by atoms with van der Waals surface area (Å²) in [7, 11) is 4.71. The number of anilines is 2. The van der Waals surface area contributed by atoms with E-state index in [1.165, 1.54) is 13.4 Å². The summed E-state index contributed by atoms with van der Waals surface area (Å²) in [4.78, 5) is 13.3. The lowest BCUT2D eigenvalue weighted by Gasteiger charge is -2.13. The SMILES string of the molecule is COc1cc(Nc2ncnc3nc4cc(OC)c(OC)cc4cc23)c(Cl)cc1Cl. The zero-order valence-corrected chi connectivity index (χ0v) is 17.3. The van der Waals surface area contributed by atoms with Crippen LogP contribution in [0.1, 0.15) is 0 Å². The highest BCUT2D eigenvalue weighted by atomic mass is 35.5. The van der Waals surface area contributed by atoms with E-state index in [9.17, 15) is 0 Å². The first-order valence-electron chi connectivity index (χ1n) is 8.51. The van der Waals surface area contributed by atoms with E-state index in [0.29, 0.717) is 44.4 Å². The van der Waals surface area contributed by atoms with Crippen molar-refractivity contribution in [1.29, 1.82) is 0 Å². The van der Waals surface area contributed by atoms with Gasteiger partial charge in [-0.25, -0.2) is 15.0 Å². The Morgan fingerprint density at radius 1 is 0.793 bits per heavy atom. The fraction of sp³-hybridized carbons (Fsp3) is 0.150. The molecule has 7 nitrogen and oxygen atoms in total. The standard InChI is InChI=1S/C20H16Cl2N4O3/c1-27-16-8-15(12(21)6-13(16)22)26-20-11-4-10-5-17(28-2)18(29-3)7-14(10)25-19(11)23-9-24-20/h4-9H,1-3H3,(H,23,24,25,26). The summed E-state index contributed by atoms with van der Waals surface area (Å²) in [6.07, 6.45) is 1.44. The summed E-state index contributed by atoms with van der Waals surface area (Å²) in [6, 6.07) is 8.92. The van der Waals surface area contributed by atoms with Crippen molar-refractivity contribution in [1.82, 2.24) is 15.0 Å². The van der Waals surface area contributed by atoms with Crippen LogP contribution in [0.2, 0.25) is 10.0 Å². The van der Waals surface area contributed by atoms with E-state index in [4.69, 9.17) is 37.4 Å². The second-order valence-corrected chi connectivity index (χ2v) is 6.89. The number of hydrogen-bond acceptors (Lipinski definition) is 7. The smallest absolute Gasteiger partial charge is 0.165 e. The van der Waals surface area contributed by atoms with Crippen LogP contribution < -0.4 is 19.5 Å². The Bertz CT molecular complexity index is 1230. The largest absolute Gasteiger partial charge is 0.495 e. The fourth-order valence-electron chi connectivity index (χ4n) is 2.98. The molecule has 4 rings (SSSR count). The summed E-state index contributed by atoms with van der Waals surface area (Å²) in [6.45, 7) is 0. The topological polar surface area (TPSA) is 78.4 Å². The molecule has 29 heavy (non-hydrogen) atoms. The lowest BCUT2D eigenvalue weighted by atomic mass is 10.1. The first kappa shape index (κ1) is 19.3. The summed E-state index contributed by atoms with van der Waals surface area (Å²) < 4.78 is 16.0. The van der Waals surface area contributed by atoms with Gasteiger partial charge in [-0.05, 0) is 18.2 Å². The molecule has 148 valence electrons. The maximum absolute atomic E-state index is 6.34. The second-order valence-electron chi connectivity index (χ2n) is 6.07. The molecule has 4 aromatic rings. The van der Waals surface area contributed by atoms with E-state index >= 15 is 0 Å². The van der Waals surface area contributed by atoms with E-state index in [1.54, 1.807) is 26.4 Å². The summed E-state index contributed by atoms with van der Waals surface area (Å²) >= 11 is 12.5. The molecule has 0 aliphatic heterocycles. The number of nitrogens with one attached hydrogen (secondary N) is 1. The highest BCUT2D eigenvalue weighted by Crippen LogP contribution is 2.37. The van der Waals surface area contributed by atoms with Gasteiger partial charge in [0.25, 0.3) is 0 Å². The predicted molar refractivity (Wildman–Crippen MR) is 114 cm³/mol. The Balaban J connectivity index is 1.86. The van der Waals surface area contributed by atoms with E-state index in [1.807, 2.05) is 18.2 Å². The van der Waals surface area contributed by atoms with Crippen molar-refractivity contribution in [3.8, 4) is 17.2 Å². The van der Waals surface area contributed by atoms with Gasteiger partial charge >= 0.3 is 0 Å². The van der Waals surface area contributed by atoms with Crippen LogP contribution in [-0.2, 0) is 0 Å². The predicted octanol–water partition coefficient (Wildman–Crippen LogP) is 5.25. The molecule has 0 radical (unpaired) electrons. The van der Waals surface area contributed by atoms with Gasteiger partial charge in [0.05, 0.1) is 48.0 Å². The third-order valence-electron chi connectivity index (χ3n) is 4.42. The van der Waals surface area contributed by atoms with Crippen LogP contribution in [0.3, 0.4) is 0 Å². The molecule has 0 aliphatic carbocycles. The number of nitrogens with zero attached hydrogens (tertiary/aromatic N) is 3. The second kappa shape index (κ2) is 7.77. The number of fused-ring (bicyclic) bond motifs is 2. The molecule has 0 aliphatic rings. The molecule has 2 aromatic heterocycles. The monoisotopic (exact) mass is 430 g/mol. The minimum Gasteiger partial charge on any atom is -0.495 e. The summed E-state index contributed by atoms with van der Waals surface area (Å²) in [5.41, 5.74) is 1.85. The number of rotatable bonds is 5. The first-order valence-corrected chi connectivity index (χ1v) is 9.27. The van der Waals surface area contributed by atoms with Crippen molar-refractivity contribution < 1.29 is 14.2 Å². The van der Waals surface area contributed by atoms with Gasteiger partial charge in [-0.15, -0.1) is 0 Å². The summed E-state index contributed by atoms with van der Waals surface area (Å²) in [5, 5.41) is 5.64. The molecule has 0 saturated carbocycles. The molecule has 0 bridgehead atoms. The van der Waals surface area contributed by atoms with Gasteiger partial charge in [0, 0.05) is 17.5 Å². The minimum atomic E-state index is 0.421. The first-order chi connectivity index (χ1) is 14.0. The number of halogens is 2. The van der Waals surface area contributed by atoms with Gasteiger partial charge < -0.3 is 19.5 Å². The Morgan fingerprint density at radius 3 is 2.24 bits per heavy atom. The van der Waals surface area contributed by atoms with Crippen LogP contribution >= 0.6 is 23.2 Å². The molecular weight excluding hydrogens is 415 g/mol. The fourth-order valence-corrected chi connectivity index (χ4v) is 3.49. The molecule has 2 aromatic carbocycles. The summed E-state index contributed by atoms with van der Waals surface area (Å²) in [5.74, 6) is 2.25. The van der Waals surface area contributed by atoms with Crippen molar-refractivity contribution >= 4 is 56.6 Å². The lowest BCUT2D eigenvalue weighted by molar-refractivity contribution is 0.356. The van der Waals surface area contributed by atoms with Crippen LogP contribution in [0, 0.1) is 0 Å². The average Bonchev–Trinajstić information content (AvgIpc) is 2.73. The average molecular weight is 431 g/mol. The van der Waals surface area contributed by atoms with Crippen molar-refractivity contribution in [3.05, 3.63) is 46.7 Å². The van der Waals surface area contributed by atoms with Crippen molar-refractivity contribution in [2.75, 3.05) is 26.6 Å². The Hall–Kier alpha value is -3.03. The Labute approximate surface area is 176 Å². The maximum Gasteiger partial charge on any atom is 0.165 e. The number of benzene rings is 2. The van der Waals surface area contributed by atoms with Gasteiger partial charge in [-0.1, -0.05) is 23.2 Å². The van der Waals surface area contributed by atoms with Gasteiger partial charge in [0.15, 0.2) is 17.1 Å². The van der Waals surface area contributed by atoms with Crippen LogP contribution in [-0.4, -0.2) is 36.3 Å². The number of hydrogen-bond donors (Lipinski definition) is 1. The van der Waals surface area contributed by atoms with Gasteiger partial charge in [-0.3, -0.25) is 0 Å². The molecule has 2 heterocycles. The number of aromatic nitrogens is 3. The Morgan fingerprint density at radius 2 is 1.52 bits per heavy atom. The molecule has 0 amide bonds. The van der Waals surface area contributed by atoms with E-state index in [2.05, 4.69) is 20.3 Å². The van der Waals surface area contributed by atoms with Crippen molar-refractivity contribution in [3.63, 3.8) is 0 Å². The highest BCUT2D eigenvalue weighted by molar-refractivity contribution is 6.37. The van der Waals surface area contributed by atoms with Gasteiger partial charge in [-0.2, -0.15) is 0 Å². The molecule has 0 fully saturated rings. The number of ether oxygens (including phenoxy) is 3. The van der Waals surface area contributed by atoms with Gasteiger partial charge in [0.1, 0.15) is 17.9 Å². The van der Waals surface area contributed by atoms with E-state index in [-0.39, 0.29) is 0 Å². The van der Waals surface area contributed by atoms with Crippen LogP contribution in [0.15, 0.2) is 36.7 Å². The van der Waals surface area contributed by atoms with Gasteiger partial charge in [0.2, 0.25) is 0 Å². The third-order valence-corrected chi connectivity index (χ3v) is 5.02. The van der Waals surface area contributed by atoms with Crippen LogP contribution in [0.4, 0.5) is 11.5 Å². The molecule has 0 spiro atoms. The van der Waals surface area contributed by atoms with Crippen LogP contribution in [0.5, 0.6) is 17.2 Å². The quantitative estimate of drug-likeness (QED) is 0.432. The van der Waals surface area contributed by atoms with Crippen molar-refractivity contribution in [2.45, 2.75) is 0 Å². The molecule has 0 saturated heterocycles. The molecular formula is C20H16Cl2N4O3. The van der Waals surface area contributed by atoms with E-state index in [0.717, 1.165) is 16.3 Å². The zero-order valence-electron chi connectivity index (χ0n) is 15.8. The lowest BCUT2D eigenvalue weighted by Crippen LogP contribution is -1.99. The zero-order chi connectivity index (χ0) is 20.5. The molecule has 0 atom stereocenters. The van der Waals surface area contributed by atoms with Crippen molar-refractivity contribution in [2.24, 2.45) is 0 Å². The van der Waals surface area contributed by atoms with E-state index < -0.39 is 0 Å².